The molecule has 3 N–H and O–H groups in total. The van der Waals surface area contributed by atoms with E-state index in [-0.39, 0.29) is 6.10 Å². The maximum Gasteiger partial charge on any atom is 0.242 e. The van der Waals surface area contributed by atoms with Gasteiger partial charge in [0.05, 0.1) is 6.10 Å². The van der Waals surface area contributed by atoms with Crippen LogP contribution in [0, 0.1) is 0 Å². The Labute approximate surface area is 118 Å². The minimum absolute atomic E-state index is 0.0546. The normalized spacial score (nSPS) is 19.4. The first-order valence-corrected chi connectivity index (χ1v) is 7.84. The Bertz CT molecular complexity index is 408. The Morgan fingerprint density at radius 1 is 1.47 bits per heavy atom. The van der Waals surface area contributed by atoms with Gasteiger partial charge in [-0.25, -0.2) is 4.98 Å². The molecule has 1 unspecified atom stereocenters. The lowest BCUT2D eigenvalue weighted by Crippen LogP contribution is -2.21. The SMILES string of the molecule is CC(C)Oc1ncnc(NCC2CCCCS2)c1N. The zero-order valence-corrected chi connectivity index (χ0v) is 12.4. The van der Waals surface area contributed by atoms with Crippen molar-refractivity contribution in [3.05, 3.63) is 6.33 Å². The minimum Gasteiger partial charge on any atom is -0.473 e. The summed E-state index contributed by atoms with van der Waals surface area (Å²) in [7, 11) is 0. The molecule has 106 valence electrons. The van der Waals surface area contributed by atoms with Gasteiger partial charge in [0.2, 0.25) is 5.88 Å². The van der Waals surface area contributed by atoms with Crippen LogP contribution in [-0.2, 0) is 0 Å². The van der Waals surface area contributed by atoms with E-state index in [9.17, 15) is 0 Å². The Morgan fingerprint density at radius 3 is 3.00 bits per heavy atom. The molecule has 0 aliphatic carbocycles. The van der Waals surface area contributed by atoms with Crippen LogP contribution >= 0.6 is 11.8 Å². The van der Waals surface area contributed by atoms with E-state index in [2.05, 4.69) is 15.3 Å². The Morgan fingerprint density at radius 2 is 2.32 bits per heavy atom. The zero-order chi connectivity index (χ0) is 13.7. The highest BCUT2D eigenvalue weighted by atomic mass is 32.2. The average molecular weight is 282 g/mol. The summed E-state index contributed by atoms with van der Waals surface area (Å²) in [6, 6.07) is 0. The standard InChI is InChI=1S/C13H22N4OS/c1-9(2)18-13-11(14)12(16-8-17-13)15-7-10-5-3-4-6-19-10/h8-10H,3-7,14H2,1-2H3,(H,15,16,17). The van der Waals surface area contributed by atoms with Gasteiger partial charge >= 0.3 is 0 Å². The van der Waals surface area contributed by atoms with E-state index in [0.29, 0.717) is 22.6 Å². The second kappa shape index (κ2) is 6.84. The lowest BCUT2D eigenvalue weighted by atomic mass is 10.2. The third kappa shape index (κ3) is 4.16. The van der Waals surface area contributed by atoms with Crippen molar-refractivity contribution in [2.45, 2.75) is 44.5 Å². The topological polar surface area (TPSA) is 73.1 Å². The molecule has 1 aliphatic heterocycles. The molecule has 1 atom stereocenters. The summed E-state index contributed by atoms with van der Waals surface area (Å²) in [6.45, 7) is 4.80. The number of nitrogens with two attached hydrogens (primary N) is 1. The molecule has 19 heavy (non-hydrogen) atoms. The molecule has 2 heterocycles. The molecule has 6 heteroatoms. The van der Waals surface area contributed by atoms with Crippen LogP contribution in [0.1, 0.15) is 33.1 Å². The first kappa shape index (κ1) is 14.2. The highest BCUT2D eigenvalue weighted by Crippen LogP contribution is 2.28. The maximum absolute atomic E-state index is 6.03. The molecule has 2 rings (SSSR count). The third-order valence-electron chi connectivity index (χ3n) is 2.97. The second-order valence-electron chi connectivity index (χ2n) is 4.98. The summed E-state index contributed by atoms with van der Waals surface area (Å²) in [4.78, 5) is 8.26. The van der Waals surface area contributed by atoms with Crippen molar-refractivity contribution >= 4 is 23.3 Å². The summed E-state index contributed by atoms with van der Waals surface area (Å²) >= 11 is 2.03. The van der Waals surface area contributed by atoms with Crippen molar-refractivity contribution in [3.8, 4) is 5.88 Å². The molecule has 0 aromatic carbocycles. The van der Waals surface area contributed by atoms with Crippen LogP contribution in [0.15, 0.2) is 6.33 Å². The highest BCUT2D eigenvalue weighted by Gasteiger charge is 2.15. The number of rotatable bonds is 5. The van der Waals surface area contributed by atoms with E-state index in [0.717, 1.165) is 6.54 Å². The van der Waals surface area contributed by atoms with Crippen molar-refractivity contribution in [1.29, 1.82) is 0 Å². The number of nitrogens with one attached hydrogen (secondary N) is 1. The average Bonchev–Trinajstić information content (AvgIpc) is 2.40. The summed E-state index contributed by atoms with van der Waals surface area (Å²) in [6.07, 6.45) is 5.46. The quantitative estimate of drug-likeness (QED) is 0.864. The Hall–Kier alpha value is -1.17. The Balaban J connectivity index is 1.95. The number of nitrogen functional groups attached to an aromatic ring is 1. The fraction of sp³-hybridized carbons (Fsp3) is 0.692. The first-order chi connectivity index (χ1) is 9.16. The molecule has 1 aliphatic rings. The molecule has 0 radical (unpaired) electrons. The molecule has 1 fully saturated rings. The zero-order valence-electron chi connectivity index (χ0n) is 11.6. The van der Waals surface area contributed by atoms with Gasteiger partial charge in [0.1, 0.15) is 12.0 Å². The van der Waals surface area contributed by atoms with Crippen LogP contribution in [-0.4, -0.2) is 33.6 Å². The molecule has 1 aromatic rings. The largest absolute Gasteiger partial charge is 0.473 e. The van der Waals surface area contributed by atoms with Crippen LogP contribution in [0.3, 0.4) is 0 Å². The molecule has 1 saturated heterocycles. The lowest BCUT2D eigenvalue weighted by molar-refractivity contribution is 0.234. The van der Waals surface area contributed by atoms with Gasteiger partial charge in [-0.15, -0.1) is 0 Å². The summed E-state index contributed by atoms with van der Waals surface area (Å²) in [5.41, 5.74) is 6.53. The lowest BCUT2D eigenvalue weighted by Gasteiger charge is -2.22. The van der Waals surface area contributed by atoms with Gasteiger partial charge < -0.3 is 15.8 Å². The third-order valence-corrected chi connectivity index (χ3v) is 4.36. The fourth-order valence-corrected chi connectivity index (χ4v) is 3.25. The van der Waals surface area contributed by atoms with Crippen LogP contribution in [0.4, 0.5) is 11.5 Å². The first-order valence-electron chi connectivity index (χ1n) is 6.79. The summed E-state index contributed by atoms with van der Waals surface area (Å²) < 4.78 is 5.56. The maximum atomic E-state index is 6.03. The number of thioether (sulfide) groups is 1. The van der Waals surface area contributed by atoms with Gasteiger partial charge in [-0.1, -0.05) is 6.42 Å². The van der Waals surface area contributed by atoms with Gasteiger partial charge in [-0.2, -0.15) is 16.7 Å². The number of hydrogen-bond acceptors (Lipinski definition) is 6. The van der Waals surface area contributed by atoms with Crippen molar-refractivity contribution in [2.24, 2.45) is 0 Å². The van der Waals surface area contributed by atoms with Crippen LogP contribution in [0.5, 0.6) is 5.88 Å². The van der Waals surface area contributed by atoms with Crippen LogP contribution in [0.2, 0.25) is 0 Å². The van der Waals surface area contributed by atoms with Crippen molar-refractivity contribution in [2.75, 3.05) is 23.3 Å². The molecule has 0 amide bonds. The molecular formula is C13H22N4OS. The molecule has 5 nitrogen and oxygen atoms in total. The smallest absolute Gasteiger partial charge is 0.242 e. The van der Waals surface area contributed by atoms with Gasteiger partial charge in [-0.05, 0) is 32.4 Å². The molecular weight excluding hydrogens is 260 g/mol. The van der Waals surface area contributed by atoms with E-state index in [1.165, 1.54) is 31.3 Å². The van der Waals surface area contributed by atoms with Gasteiger partial charge in [0.25, 0.3) is 0 Å². The highest BCUT2D eigenvalue weighted by molar-refractivity contribution is 7.99. The van der Waals surface area contributed by atoms with Crippen molar-refractivity contribution in [3.63, 3.8) is 0 Å². The van der Waals surface area contributed by atoms with E-state index in [1.54, 1.807) is 0 Å². The van der Waals surface area contributed by atoms with Crippen molar-refractivity contribution < 1.29 is 4.74 Å². The predicted molar refractivity (Wildman–Crippen MR) is 80.8 cm³/mol. The number of nitrogens with zero attached hydrogens (tertiary/aromatic N) is 2. The fourth-order valence-electron chi connectivity index (χ4n) is 2.02. The van der Waals surface area contributed by atoms with E-state index >= 15 is 0 Å². The van der Waals surface area contributed by atoms with Gasteiger partial charge in [0, 0.05) is 11.8 Å². The van der Waals surface area contributed by atoms with Crippen molar-refractivity contribution in [1.82, 2.24) is 9.97 Å². The number of aromatic nitrogens is 2. The van der Waals surface area contributed by atoms with E-state index in [4.69, 9.17) is 10.5 Å². The van der Waals surface area contributed by atoms with Gasteiger partial charge in [-0.3, -0.25) is 0 Å². The van der Waals surface area contributed by atoms with Gasteiger partial charge in [0.15, 0.2) is 5.82 Å². The predicted octanol–water partition coefficient (Wildman–Crippen LogP) is 2.54. The van der Waals surface area contributed by atoms with Crippen LogP contribution < -0.4 is 15.8 Å². The number of ether oxygens (including phenoxy) is 1. The summed E-state index contributed by atoms with van der Waals surface area (Å²) in [5.74, 6) is 2.40. The number of anilines is 2. The van der Waals surface area contributed by atoms with E-state index in [1.807, 2.05) is 25.6 Å². The minimum atomic E-state index is 0.0546. The Kier molecular flexibility index (Phi) is 5.13. The van der Waals surface area contributed by atoms with E-state index < -0.39 is 0 Å². The number of hydrogen-bond donors (Lipinski definition) is 2. The molecule has 0 bridgehead atoms. The summed E-state index contributed by atoms with van der Waals surface area (Å²) in [5, 5.41) is 3.97. The molecule has 1 aromatic heterocycles. The van der Waals surface area contributed by atoms with Crippen LogP contribution in [0.25, 0.3) is 0 Å². The second-order valence-corrected chi connectivity index (χ2v) is 6.39. The monoisotopic (exact) mass is 282 g/mol. The molecule has 0 spiro atoms. The molecule has 0 saturated carbocycles.